The molecule has 8 heteroatoms. The lowest BCUT2D eigenvalue weighted by Gasteiger charge is -2.14. The summed E-state index contributed by atoms with van der Waals surface area (Å²) in [7, 11) is 0. The Kier molecular flexibility index (Phi) is 5.45. The van der Waals surface area contributed by atoms with Gasteiger partial charge < -0.3 is 15.8 Å². The lowest BCUT2D eigenvalue weighted by molar-refractivity contribution is 0.130. The molecule has 1 saturated carbocycles. The van der Waals surface area contributed by atoms with E-state index >= 15 is 0 Å². The van der Waals surface area contributed by atoms with Crippen LogP contribution in [-0.2, 0) is 0 Å². The summed E-state index contributed by atoms with van der Waals surface area (Å²) in [6.07, 6.45) is 10.2. The molecule has 0 spiro atoms. The van der Waals surface area contributed by atoms with Crippen molar-refractivity contribution in [1.82, 2.24) is 19.9 Å². The van der Waals surface area contributed by atoms with Gasteiger partial charge in [-0.1, -0.05) is 30.9 Å². The van der Waals surface area contributed by atoms with Crippen molar-refractivity contribution in [3.63, 3.8) is 0 Å². The molecule has 4 rings (SSSR count). The van der Waals surface area contributed by atoms with Crippen LogP contribution >= 0.6 is 11.6 Å². The minimum Gasteiger partial charge on any atom is -0.393 e. The molecule has 1 aliphatic rings. The van der Waals surface area contributed by atoms with E-state index in [4.69, 9.17) is 22.4 Å². The number of nitrogens with one attached hydrogen (secondary N) is 1. The predicted octanol–water partition coefficient (Wildman–Crippen LogP) is 3.71. The van der Waals surface area contributed by atoms with Crippen LogP contribution in [0.15, 0.2) is 24.7 Å². The van der Waals surface area contributed by atoms with Crippen LogP contribution in [-0.4, -0.2) is 31.1 Å². The molecule has 0 saturated heterocycles. The maximum atomic E-state index is 13.0. The second kappa shape index (κ2) is 7.76. The molecule has 25 heavy (non-hydrogen) atoms. The van der Waals surface area contributed by atoms with Gasteiger partial charge in [-0.25, -0.2) is 19.3 Å². The standard InChI is InChI=1S/C11H7ClFN5.C6H12O/c12-5-1-6-7(3-16-10(6)15-2-5)11-17-4-8(13)9(14)18-11;7-6-4-2-1-3-5-6/h1-4H,(H,15,16)(H2,14,17,18);6-7H,1-5H2. The zero-order valence-corrected chi connectivity index (χ0v) is 14.3. The van der Waals surface area contributed by atoms with E-state index < -0.39 is 5.82 Å². The van der Waals surface area contributed by atoms with Gasteiger partial charge in [0.1, 0.15) is 5.65 Å². The van der Waals surface area contributed by atoms with Crippen LogP contribution < -0.4 is 5.73 Å². The first-order chi connectivity index (χ1) is 12.0. The number of rotatable bonds is 1. The number of aromatic amines is 1. The highest BCUT2D eigenvalue weighted by molar-refractivity contribution is 6.31. The Morgan fingerprint density at radius 2 is 1.96 bits per heavy atom. The molecular weight excluding hydrogens is 345 g/mol. The Morgan fingerprint density at radius 3 is 2.60 bits per heavy atom. The Hall–Kier alpha value is -2.25. The van der Waals surface area contributed by atoms with E-state index in [-0.39, 0.29) is 11.9 Å². The van der Waals surface area contributed by atoms with Crippen molar-refractivity contribution in [2.45, 2.75) is 38.2 Å². The molecule has 3 heterocycles. The van der Waals surface area contributed by atoms with Gasteiger partial charge in [0, 0.05) is 23.3 Å². The van der Waals surface area contributed by atoms with Crippen LogP contribution in [0.2, 0.25) is 5.02 Å². The van der Waals surface area contributed by atoms with Crippen molar-refractivity contribution in [2.75, 3.05) is 5.73 Å². The fourth-order valence-electron chi connectivity index (χ4n) is 2.75. The molecule has 3 aromatic heterocycles. The summed E-state index contributed by atoms with van der Waals surface area (Å²) in [6.45, 7) is 0. The number of aliphatic hydroxyl groups is 1. The molecule has 4 N–H and O–H groups in total. The normalized spacial score (nSPS) is 15.0. The maximum absolute atomic E-state index is 13.0. The highest BCUT2D eigenvalue weighted by Crippen LogP contribution is 2.27. The second-order valence-electron chi connectivity index (χ2n) is 5.97. The highest BCUT2D eigenvalue weighted by Gasteiger charge is 2.12. The van der Waals surface area contributed by atoms with Gasteiger partial charge in [0.2, 0.25) is 0 Å². The molecule has 1 fully saturated rings. The van der Waals surface area contributed by atoms with Gasteiger partial charge in [0.05, 0.1) is 17.3 Å². The average Bonchev–Trinajstić information content (AvgIpc) is 3.02. The van der Waals surface area contributed by atoms with Crippen LogP contribution in [0.25, 0.3) is 22.4 Å². The third kappa shape index (κ3) is 4.24. The summed E-state index contributed by atoms with van der Waals surface area (Å²) >= 11 is 5.89. The minimum absolute atomic E-state index is 0.0359. The van der Waals surface area contributed by atoms with Gasteiger partial charge >= 0.3 is 0 Å². The molecule has 0 bridgehead atoms. The summed E-state index contributed by atoms with van der Waals surface area (Å²) < 4.78 is 13.0. The smallest absolute Gasteiger partial charge is 0.183 e. The van der Waals surface area contributed by atoms with Crippen LogP contribution in [0.5, 0.6) is 0 Å². The van der Waals surface area contributed by atoms with Gasteiger partial charge in [0.25, 0.3) is 0 Å². The predicted molar refractivity (Wildman–Crippen MR) is 95.6 cm³/mol. The molecule has 0 aromatic carbocycles. The number of hydrogen-bond donors (Lipinski definition) is 3. The van der Waals surface area contributed by atoms with Gasteiger partial charge in [-0.2, -0.15) is 0 Å². The monoisotopic (exact) mass is 363 g/mol. The molecule has 132 valence electrons. The molecule has 0 atom stereocenters. The number of H-pyrrole nitrogens is 1. The Labute approximate surface area is 149 Å². The van der Waals surface area contributed by atoms with Crippen molar-refractivity contribution in [1.29, 1.82) is 0 Å². The van der Waals surface area contributed by atoms with E-state index in [2.05, 4.69) is 19.9 Å². The van der Waals surface area contributed by atoms with Gasteiger partial charge in [0.15, 0.2) is 17.5 Å². The fraction of sp³-hybridized carbons (Fsp3) is 0.353. The average molecular weight is 364 g/mol. The minimum atomic E-state index is -0.644. The number of anilines is 1. The Morgan fingerprint density at radius 1 is 1.20 bits per heavy atom. The number of nitrogens with two attached hydrogens (primary N) is 1. The first-order valence-electron chi connectivity index (χ1n) is 8.13. The third-order valence-electron chi connectivity index (χ3n) is 4.08. The zero-order valence-electron chi connectivity index (χ0n) is 13.5. The summed E-state index contributed by atoms with van der Waals surface area (Å²) in [6, 6.07) is 1.73. The molecule has 6 nitrogen and oxygen atoms in total. The van der Waals surface area contributed by atoms with Crippen LogP contribution in [0.4, 0.5) is 10.2 Å². The third-order valence-corrected chi connectivity index (χ3v) is 4.29. The topological polar surface area (TPSA) is 101 Å². The number of aliphatic hydroxyl groups excluding tert-OH is 1. The lowest BCUT2D eigenvalue weighted by atomic mass is 9.98. The van der Waals surface area contributed by atoms with E-state index in [1.807, 2.05) is 0 Å². The molecule has 3 aromatic rings. The number of nitrogen functional groups attached to an aromatic ring is 1. The van der Waals surface area contributed by atoms with Crippen LogP contribution in [0.1, 0.15) is 32.1 Å². The molecule has 1 aliphatic carbocycles. The number of fused-ring (bicyclic) bond motifs is 1. The molecule has 0 amide bonds. The van der Waals surface area contributed by atoms with Gasteiger partial charge in [-0.05, 0) is 18.9 Å². The van der Waals surface area contributed by atoms with E-state index in [9.17, 15) is 4.39 Å². The number of hydrogen-bond acceptors (Lipinski definition) is 5. The molecule has 0 radical (unpaired) electrons. The summed E-state index contributed by atoms with van der Waals surface area (Å²) in [4.78, 5) is 14.9. The van der Waals surface area contributed by atoms with E-state index in [0.29, 0.717) is 22.1 Å². The second-order valence-corrected chi connectivity index (χ2v) is 6.41. The molecular formula is C17H19ClFN5O. The van der Waals surface area contributed by atoms with E-state index in [1.165, 1.54) is 25.5 Å². The Bertz CT molecular complexity index is 863. The van der Waals surface area contributed by atoms with Gasteiger partial charge in [-0.15, -0.1) is 0 Å². The number of halogens is 2. The van der Waals surface area contributed by atoms with Crippen molar-refractivity contribution >= 4 is 28.5 Å². The van der Waals surface area contributed by atoms with Gasteiger partial charge in [-0.3, -0.25) is 0 Å². The number of pyridine rings is 1. The van der Waals surface area contributed by atoms with Crippen molar-refractivity contribution in [2.24, 2.45) is 0 Å². The van der Waals surface area contributed by atoms with E-state index in [1.54, 1.807) is 12.3 Å². The first kappa shape index (κ1) is 17.6. The number of aromatic nitrogens is 4. The van der Waals surface area contributed by atoms with Crippen molar-refractivity contribution < 1.29 is 9.50 Å². The fourth-order valence-corrected chi connectivity index (χ4v) is 2.91. The van der Waals surface area contributed by atoms with Crippen LogP contribution in [0, 0.1) is 5.82 Å². The lowest BCUT2D eigenvalue weighted by Crippen LogP contribution is -2.09. The summed E-state index contributed by atoms with van der Waals surface area (Å²) in [5.41, 5.74) is 6.75. The quantitative estimate of drug-likeness (QED) is 0.612. The van der Waals surface area contributed by atoms with Crippen LogP contribution in [0.3, 0.4) is 0 Å². The first-order valence-corrected chi connectivity index (χ1v) is 8.51. The number of nitrogens with zero attached hydrogens (tertiary/aromatic N) is 3. The van der Waals surface area contributed by atoms with E-state index in [0.717, 1.165) is 24.4 Å². The SMILES string of the molecule is Nc1nc(-c2c[nH]c3ncc(Cl)cc23)ncc1F.OC1CCCCC1. The largest absolute Gasteiger partial charge is 0.393 e. The summed E-state index contributed by atoms with van der Waals surface area (Å²) in [5.74, 6) is -0.511. The summed E-state index contributed by atoms with van der Waals surface area (Å²) in [5, 5.41) is 10.2. The van der Waals surface area contributed by atoms with Crippen molar-refractivity contribution in [3.8, 4) is 11.4 Å². The highest BCUT2D eigenvalue weighted by atomic mass is 35.5. The maximum Gasteiger partial charge on any atom is 0.183 e. The van der Waals surface area contributed by atoms with Crippen molar-refractivity contribution in [3.05, 3.63) is 35.5 Å². The Balaban J connectivity index is 0.000000219. The molecule has 0 aliphatic heterocycles. The zero-order chi connectivity index (χ0) is 17.8. The molecule has 0 unspecified atom stereocenters.